The van der Waals surface area contributed by atoms with E-state index in [4.69, 9.17) is 0 Å². The van der Waals surface area contributed by atoms with Crippen LogP contribution < -0.4 is 5.56 Å². The number of carbonyl (C=O) groups excluding carboxylic acids is 1. The van der Waals surface area contributed by atoms with Gasteiger partial charge in [-0.2, -0.15) is 0 Å². The van der Waals surface area contributed by atoms with E-state index in [1.807, 2.05) is 62.4 Å². The quantitative estimate of drug-likeness (QED) is 0.695. The molecule has 0 radical (unpaired) electrons. The summed E-state index contributed by atoms with van der Waals surface area (Å²) in [5.74, 6) is -0.265. The number of hydrogen-bond donors (Lipinski definition) is 0. The predicted molar refractivity (Wildman–Crippen MR) is 108 cm³/mol. The Morgan fingerprint density at radius 3 is 2.37 bits per heavy atom. The van der Waals surface area contributed by atoms with Crippen LogP contribution in [0.4, 0.5) is 0 Å². The number of aryl methyl sites for hydroxylation is 2. The SMILES string of the molecule is Cc1ccc(CN(C)C(=O)c2cccn(Cc3cccc(C)c3)c2=O)cc1. The van der Waals surface area contributed by atoms with Crippen LogP contribution in [0.1, 0.15) is 32.6 Å². The lowest BCUT2D eigenvalue weighted by Crippen LogP contribution is -2.34. The molecule has 1 amide bonds. The Kier molecular flexibility index (Phi) is 5.55. The van der Waals surface area contributed by atoms with Crippen LogP contribution in [0.25, 0.3) is 0 Å². The molecule has 0 aliphatic rings. The van der Waals surface area contributed by atoms with E-state index in [0.29, 0.717) is 13.1 Å². The van der Waals surface area contributed by atoms with Crippen LogP contribution in [0.3, 0.4) is 0 Å². The Labute approximate surface area is 159 Å². The number of pyridine rings is 1. The molecule has 0 fully saturated rings. The minimum atomic E-state index is -0.265. The lowest BCUT2D eigenvalue weighted by atomic mass is 10.1. The van der Waals surface area contributed by atoms with Crippen LogP contribution in [0, 0.1) is 13.8 Å². The Morgan fingerprint density at radius 2 is 1.67 bits per heavy atom. The summed E-state index contributed by atoms with van der Waals surface area (Å²) in [6, 6.07) is 19.4. The van der Waals surface area contributed by atoms with E-state index in [9.17, 15) is 9.59 Å². The molecule has 1 aromatic heterocycles. The van der Waals surface area contributed by atoms with Crippen LogP contribution in [-0.4, -0.2) is 22.4 Å². The Balaban J connectivity index is 1.80. The summed E-state index contributed by atoms with van der Waals surface area (Å²) in [7, 11) is 1.72. The van der Waals surface area contributed by atoms with E-state index in [1.54, 1.807) is 34.8 Å². The van der Waals surface area contributed by atoms with Crippen LogP contribution in [0.2, 0.25) is 0 Å². The molecule has 0 spiro atoms. The fourth-order valence-electron chi connectivity index (χ4n) is 3.08. The van der Waals surface area contributed by atoms with Gasteiger partial charge < -0.3 is 9.47 Å². The van der Waals surface area contributed by atoms with E-state index in [0.717, 1.165) is 16.7 Å². The van der Waals surface area contributed by atoms with Gasteiger partial charge in [0, 0.05) is 19.8 Å². The minimum Gasteiger partial charge on any atom is -0.337 e. The van der Waals surface area contributed by atoms with Crippen molar-refractivity contribution in [1.82, 2.24) is 9.47 Å². The number of carbonyl (C=O) groups is 1. The molecular weight excluding hydrogens is 336 g/mol. The third-order valence-corrected chi connectivity index (χ3v) is 4.57. The van der Waals surface area contributed by atoms with Crippen molar-refractivity contribution in [2.75, 3.05) is 7.05 Å². The molecule has 0 atom stereocenters. The number of amides is 1. The fourth-order valence-corrected chi connectivity index (χ4v) is 3.08. The zero-order valence-electron chi connectivity index (χ0n) is 16.0. The minimum absolute atomic E-state index is 0.194. The van der Waals surface area contributed by atoms with Crippen molar-refractivity contribution in [2.24, 2.45) is 0 Å². The van der Waals surface area contributed by atoms with Crippen molar-refractivity contribution in [3.05, 3.63) is 105 Å². The van der Waals surface area contributed by atoms with Crippen molar-refractivity contribution < 1.29 is 4.79 Å². The zero-order valence-corrected chi connectivity index (χ0v) is 16.0. The maximum absolute atomic E-state index is 12.8. The van der Waals surface area contributed by atoms with E-state index >= 15 is 0 Å². The van der Waals surface area contributed by atoms with Crippen LogP contribution in [0.15, 0.2) is 71.7 Å². The number of benzene rings is 2. The van der Waals surface area contributed by atoms with Gasteiger partial charge in [-0.15, -0.1) is 0 Å². The summed E-state index contributed by atoms with van der Waals surface area (Å²) in [6.45, 7) is 4.96. The van der Waals surface area contributed by atoms with E-state index in [1.165, 1.54) is 5.56 Å². The standard InChI is InChI=1S/C23H24N2O2/c1-17-9-11-19(12-10-17)15-24(3)22(26)21-8-5-13-25(23(21)27)16-20-7-4-6-18(2)14-20/h4-14H,15-16H2,1-3H3. The lowest BCUT2D eigenvalue weighted by Gasteiger charge is -2.18. The second-order valence-corrected chi connectivity index (χ2v) is 6.99. The molecule has 0 N–H and O–H groups in total. The fraction of sp³-hybridized carbons (Fsp3) is 0.217. The molecule has 138 valence electrons. The van der Waals surface area contributed by atoms with Gasteiger partial charge in [0.1, 0.15) is 5.56 Å². The van der Waals surface area contributed by atoms with Gasteiger partial charge in [-0.3, -0.25) is 9.59 Å². The topological polar surface area (TPSA) is 42.3 Å². The average Bonchev–Trinajstić information content (AvgIpc) is 2.65. The van der Waals surface area contributed by atoms with Gasteiger partial charge in [-0.25, -0.2) is 0 Å². The largest absolute Gasteiger partial charge is 0.337 e. The third-order valence-electron chi connectivity index (χ3n) is 4.57. The Hall–Kier alpha value is -3.14. The number of rotatable bonds is 5. The monoisotopic (exact) mass is 360 g/mol. The highest BCUT2D eigenvalue weighted by molar-refractivity contribution is 5.93. The predicted octanol–water partition coefficient (Wildman–Crippen LogP) is 3.79. The van der Waals surface area contributed by atoms with Crippen molar-refractivity contribution in [2.45, 2.75) is 26.9 Å². The molecule has 4 heteroatoms. The molecular formula is C23H24N2O2. The lowest BCUT2D eigenvalue weighted by molar-refractivity contribution is 0.0782. The third kappa shape index (κ3) is 4.53. The molecule has 27 heavy (non-hydrogen) atoms. The summed E-state index contributed by atoms with van der Waals surface area (Å²) < 4.78 is 1.59. The van der Waals surface area contributed by atoms with Crippen molar-refractivity contribution in [3.8, 4) is 0 Å². The van der Waals surface area contributed by atoms with Crippen molar-refractivity contribution in [3.63, 3.8) is 0 Å². The van der Waals surface area contributed by atoms with Gasteiger partial charge in [0.15, 0.2) is 0 Å². The molecule has 4 nitrogen and oxygen atoms in total. The maximum Gasteiger partial charge on any atom is 0.263 e. The number of hydrogen-bond acceptors (Lipinski definition) is 2. The van der Waals surface area contributed by atoms with Crippen LogP contribution in [0.5, 0.6) is 0 Å². The molecule has 3 aromatic rings. The van der Waals surface area contributed by atoms with E-state index < -0.39 is 0 Å². The van der Waals surface area contributed by atoms with Gasteiger partial charge in [0.25, 0.3) is 11.5 Å². The molecule has 1 heterocycles. The van der Waals surface area contributed by atoms with Gasteiger partial charge in [0.2, 0.25) is 0 Å². The summed E-state index contributed by atoms with van der Waals surface area (Å²) in [5, 5.41) is 0. The first-order chi connectivity index (χ1) is 12.9. The first kappa shape index (κ1) is 18.6. The van der Waals surface area contributed by atoms with Gasteiger partial charge in [-0.05, 0) is 37.1 Å². The Morgan fingerprint density at radius 1 is 0.926 bits per heavy atom. The summed E-state index contributed by atoms with van der Waals surface area (Å²) in [6.07, 6.45) is 1.72. The highest BCUT2D eigenvalue weighted by Crippen LogP contribution is 2.09. The van der Waals surface area contributed by atoms with E-state index in [-0.39, 0.29) is 17.0 Å². The average molecular weight is 360 g/mol. The summed E-state index contributed by atoms with van der Waals surface area (Å²) in [5.41, 5.74) is 4.32. The van der Waals surface area contributed by atoms with Gasteiger partial charge >= 0.3 is 0 Å². The number of aromatic nitrogens is 1. The smallest absolute Gasteiger partial charge is 0.263 e. The first-order valence-corrected chi connectivity index (χ1v) is 9.00. The molecule has 0 aliphatic carbocycles. The molecule has 0 aliphatic heterocycles. The Bertz CT molecular complexity index is 1000. The maximum atomic E-state index is 12.8. The highest BCUT2D eigenvalue weighted by atomic mass is 16.2. The molecule has 0 saturated heterocycles. The number of nitrogens with zero attached hydrogens (tertiary/aromatic N) is 2. The second kappa shape index (κ2) is 8.04. The van der Waals surface area contributed by atoms with Gasteiger partial charge in [0.05, 0.1) is 6.54 Å². The van der Waals surface area contributed by atoms with Crippen LogP contribution >= 0.6 is 0 Å². The first-order valence-electron chi connectivity index (χ1n) is 9.00. The van der Waals surface area contributed by atoms with Gasteiger partial charge in [-0.1, -0.05) is 59.7 Å². The highest BCUT2D eigenvalue weighted by Gasteiger charge is 2.17. The molecule has 2 aromatic carbocycles. The molecule has 0 bridgehead atoms. The molecule has 0 unspecified atom stereocenters. The summed E-state index contributed by atoms with van der Waals surface area (Å²) in [4.78, 5) is 27.2. The summed E-state index contributed by atoms with van der Waals surface area (Å²) >= 11 is 0. The normalized spacial score (nSPS) is 10.6. The molecule has 3 rings (SSSR count). The van der Waals surface area contributed by atoms with Crippen molar-refractivity contribution >= 4 is 5.91 Å². The van der Waals surface area contributed by atoms with E-state index in [2.05, 4.69) is 0 Å². The van der Waals surface area contributed by atoms with Crippen molar-refractivity contribution in [1.29, 1.82) is 0 Å². The second-order valence-electron chi connectivity index (χ2n) is 6.99. The zero-order chi connectivity index (χ0) is 19.4. The molecule has 0 saturated carbocycles. The van der Waals surface area contributed by atoms with Crippen LogP contribution in [-0.2, 0) is 13.1 Å².